The van der Waals surface area contributed by atoms with Crippen LogP contribution in [0, 0.1) is 0 Å². The van der Waals surface area contributed by atoms with Crippen LogP contribution in [-0.4, -0.2) is 66.2 Å². The molecule has 0 aliphatic carbocycles. The summed E-state index contributed by atoms with van der Waals surface area (Å²) in [7, 11) is 0.523. The van der Waals surface area contributed by atoms with Crippen LogP contribution in [-0.2, 0) is 16.2 Å². The normalized spacial score (nSPS) is 15.9. The highest BCUT2D eigenvalue weighted by molar-refractivity contribution is 6.76. The number of amides is 1. The molecule has 2 aromatic rings. The fraction of sp³-hybridized carbons (Fsp3) is 0.696. The van der Waals surface area contributed by atoms with E-state index in [2.05, 4.69) is 24.6 Å². The van der Waals surface area contributed by atoms with Crippen molar-refractivity contribution in [3.05, 3.63) is 18.0 Å². The van der Waals surface area contributed by atoms with Gasteiger partial charge in [0, 0.05) is 39.9 Å². The van der Waals surface area contributed by atoms with Gasteiger partial charge in [-0.05, 0) is 45.7 Å². The van der Waals surface area contributed by atoms with Crippen LogP contribution in [0.5, 0.6) is 5.75 Å². The fourth-order valence-corrected chi connectivity index (χ4v) is 4.59. The lowest BCUT2D eigenvalue weighted by molar-refractivity contribution is 0.0204. The molecule has 0 bridgehead atoms. The van der Waals surface area contributed by atoms with Gasteiger partial charge in [-0.1, -0.05) is 19.6 Å². The van der Waals surface area contributed by atoms with Gasteiger partial charge in [0.15, 0.2) is 5.65 Å². The molecule has 3 heterocycles. The topological polar surface area (TPSA) is 78.7 Å². The number of aromatic nitrogens is 3. The van der Waals surface area contributed by atoms with E-state index in [1.807, 2.05) is 31.5 Å². The molecule has 0 radical (unpaired) electrons. The Morgan fingerprint density at radius 3 is 2.50 bits per heavy atom. The number of carbonyl (C=O) groups is 1. The number of hydrogen-bond acceptors (Lipinski definition) is 6. The van der Waals surface area contributed by atoms with Gasteiger partial charge in [-0.2, -0.15) is 5.10 Å². The summed E-state index contributed by atoms with van der Waals surface area (Å²) in [5.41, 5.74) is 1.27. The van der Waals surface area contributed by atoms with E-state index in [0.717, 1.165) is 48.0 Å². The zero-order valence-electron chi connectivity index (χ0n) is 20.6. The van der Waals surface area contributed by atoms with E-state index < -0.39 is 13.7 Å². The van der Waals surface area contributed by atoms with Crippen molar-refractivity contribution < 1.29 is 19.0 Å². The summed E-state index contributed by atoms with van der Waals surface area (Å²) in [4.78, 5) is 18.8. The highest BCUT2D eigenvalue weighted by Crippen LogP contribution is 2.36. The van der Waals surface area contributed by atoms with Gasteiger partial charge >= 0.3 is 6.09 Å². The molecule has 1 saturated heterocycles. The smallest absolute Gasteiger partial charge is 0.410 e. The van der Waals surface area contributed by atoms with Crippen LogP contribution in [0.15, 0.2) is 12.3 Å². The zero-order chi connectivity index (χ0) is 23.5. The Bertz CT molecular complexity index is 924. The monoisotopic (exact) mass is 462 g/mol. The number of nitrogens with zero attached hydrogens (tertiary/aromatic N) is 4. The van der Waals surface area contributed by atoms with Crippen molar-refractivity contribution in [3.63, 3.8) is 0 Å². The third-order valence-electron chi connectivity index (χ3n) is 5.59. The van der Waals surface area contributed by atoms with Crippen molar-refractivity contribution in [1.82, 2.24) is 19.7 Å². The molecule has 1 amide bonds. The van der Waals surface area contributed by atoms with E-state index >= 15 is 0 Å². The molecular weight excluding hydrogens is 424 g/mol. The van der Waals surface area contributed by atoms with Crippen LogP contribution in [0.25, 0.3) is 11.0 Å². The van der Waals surface area contributed by atoms with Gasteiger partial charge < -0.3 is 19.1 Å². The summed E-state index contributed by atoms with van der Waals surface area (Å²) in [6, 6.07) is 2.98. The maximum atomic E-state index is 12.4. The molecule has 3 rings (SSSR count). The molecule has 8 nitrogen and oxygen atoms in total. The summed E-state index contributed by atoms with van der Waals surface area (Å²) in [6.07, 6.45) is 3.14. The molecule has 1 aliphatic heterocycles. The molecule has 9 heteroatoms. The zero-order valence-corrected chi connectivity index (χ0v) is 21.6. The number of carbonyl (C=O) groups excluding carboxylic acids is 1. The molecule has 0 aromatic carbocycles. The second-order valence-electron chi connectivity index (χ2n) is 10.7. The Morgan fingerprint density at radius 1 is 1.22 bits per heavy atom. The second-order valence-corrected chi connectivity index (χ2v) is 16.3. The Morgan fingerprint density at radius 2 is 1.91 bits per heavy atom. The molecule has 2 aromatic heterocycles. The van der Waals surface area contributed by atoms with Crippen LogP contribution < -0.4 is 4.74 Å². The molecule has 0 N–H and O–H groups in total. The number of rotatable bonds is 7. The number of ether oxygens (including phenoxy) is 3. The van der Waals surface area contributed by atoms with Crippen LogP contribution in [0.3, 0.4) is 0 Å². The quantitative estimate of drug-likeness (QED) is 0.432. The molecule has 178 valence electrons. The lowest BCUT2D eigenvalue weighted by Gasteiger charge is -2.33. The summed E-state index contributed by atoms with van der Waals surface area (Å²) >= 11 is 0. The predicted molar refractivity (Wildman–Crippen MR) is 128 cm³/mol. The third-order valence-corrected chi connectivity index (χ3v) is 7.29. The number of hydrogen-bond donors (Lipinski definition) is 0. The molecule has 0 atom stereocenters. The van der Waals surface area contributed by atoms with Crippen molar-refractivity contribution in [2.75, 3.05) is 26.8 Å². The van der Waals surface area contributed by atoms with Gasteiger partial charge in [0.1, 0.15) is 18.1 Å². The summed E-state index contributed by atoms with van der Waals surface area (Å²) in [5.74, 6) is 0.991. The summed E-state index contributed by atoms with van der Waals surface area (Å²) < 4.78 is 19.0. The lowest BCUT2D eigenvalue weighted by atomic mass is 9.92. The lowest BCUT2D eigenvalue weighted by Crippen LogP contribution is -2.41. The molecule has 1 aliphatic rings. The first kappa shape index (κ1) is 24.5. The van der Waals surface area contributed by atoms with E-state index in [1.165, 1.54) is 0 Å². The van der Waals surface area contributed by atoms with Crippen molar-refractivity contribution >= 4 is 25.2 Å². The highest BCUT2D eigenvalue weighted by Gasteiger charge is 2.31. The van der Waals surface area contributed by atoms with Gasteiger partial charge in [0.25, 0.3) is 0 Å². The Balaban J connectivity index is 1.76. The number of fused-ring (bicyclic) bond motifs is 1. The van der Waals surface area contributed by atoms with Crippen LogP contribution in [0.1, 0.15) is 45.2 Å². The van der Waals surface area contributed by atoms with E-state index in [1.54, 1.807) is 18.2 Å². The molecule has 0 spiro atoms. The minimum atomic E-state index is -1.15. The average Bonchev–Trinajstić information content (AvgIpc) is 3.08. The van der Waals surface area contributed by atoms with Crippen LogP contribution in [0.2, 0.25) is 25.7 Å². The van der Waals surface area contributed by atoms with Gasteiger partial charge in [0.2, 0.25) is 0 Å². The second kappa shape index (κ2) is 9.78. The minimum Gasteiger partial charge on any atom is -0.496 e. The van der Waals surface area contributed by atoms with E-state index in [4.69, 9.17) is 19.3 Å². The predicted octanol–water partition coefficient (Wildman–Crippen LogP) is 4.87. The first-order valence-corrected chi connectivity index (χ1v) is 15.1. The Labute approximate surface area is 192 Å². The van der Waals surface area contributed by atoms with Gasteiger partial charge in [-0.3, -0.25) is 0 Å². The highest BCUT2D eigenvalue weighted by atomic mass is 28.3. The van der Waals surface area contributed by atoms with Gasteiger partial charge in [0.05, 0.1) is 18.2 Å². The van der Waals surface area contributed by atoms with Crippen LogP contribution >= 0.6 is 0 Å². The molecule has 0 unspecified atom stereocenters. The SMILES string of the molecule is COc1ccnc2c1c(C1CCN(C(=O)OC(C)(C)C)CC1)nn2COCC[Si](C)(C)C. The molecule has 1 fully saturated rings. The Hall–Kier alpha value is -2.13. The van der Waals surface area contributed by atoms with E-state index in [9.17, 15) is 4.79 Å². The summed E-state index contributed by atoms with van der Waals surface area (Å²) in [6.45, 7) is 15.1. The minimum absolute atomic E-state index is 0.220. The van der Waals surface area contributed by atoms with Crippen LogP contribution in [0.4, 0.5) is 4.79 Å². The summed E-state index contributed by atoms with van der Waals surface area (Å²) in [5, 5.41) is 5.85. The van der Waals surface area contributed by atoms with Crippen molar-refractivity contribution in [3.8, 4) is 5.75 Å². The number of methoxy groups -OCH3 is 1. The van der Waals surface area contributed by atoms with E-state index in [-0.39, 0.29) is 12.0 Å². The molecule has 32 heavy (non-hydrogen) atoms. The Kier molecular flexibility index (Phi) is 7.49. The van der Waals surface area contributed by atoms with Crippen molar-refractivity contribution in [2.24, 2.45) is 0 Å². The maximum absolute atomic E-state index is 12.4. The number of likely N-dealkylation sites (tertiary alicyclic amines) is 1. The van der Waals surface area contributed by atoms with E-state index in [0.29, 0.717) is 19.8 Å². The van der Waals surface area contributed by atoms with Crippen molar-refractivity contribution in [2.45, 2.75) is 77.5 Å². The standard InChI is InChI=1S/C23H38N4O4Si/c1-23(2,3)31-22(28)26-12-9-17(10-13-26)20-19-18(29-4)8-11-24-21(19)27(25-20)16-30-14-15-32(5,6)7/h8,11,17H,9-10,12-16H2,1-7H3. The maximum Gasteiger partial charge on any atom is 0.410 e. The third kappa shape index (κ3) is 6.22. The number of piperidine rings is 1. The van der Waals surface area contributed by atoms with Gasteiger partial charge in [-0.15, -0.1) is 0 Å². The van der Waals surface area contributed by atoms with Gasteiger partial charge in [-0.25, -0.2) is 14.5 Å². The number of pyridine rings is 1. The fourth-order valence-electron chi connectivity index (χ4n) is 3.83. The molecular formula is C23H38N4O4Si. The first-order valence-electron chi connectivity index (χ1n) is 11.4. The average molecular weight is 463 g/mol. The van der Waals surface area contributed by atoms with Crippen molar-refractivity contribution in [1.29, 1.82) is 0 Å². The largest absolute Gasteiger partial charge is 0.496 e. The molecule has 0 saturated carbocycles. The first-order chi connectivity index (χ1) is 15.0.